The van der Waals surface area contributed by atoms with Crippen molar-refractivity contribution in [3.05, 3.63) is 30.1 Å². The summed E-state index contributed by atoms with van der Waals surface area (Å²) in [5.41, 5.74) is 7.86. The zero-order valence-electron chi connectivity index (χ0n) is 10.3. The Hall–Kier alpha value is -0.890. The fraction of sp³-hybridized carbons (Fsp3) is 0.643. The molecule has 16 heavy (non-hydrogen) atoms. The number of hydrogen-bond acceptors (Lipinski definition) is 2. The predicted octanol–water partition coefficient (Wildman–Crippen LogP) is 3.30. The number of hydrogen-bond donors (Lipinski definition) is 1. The van der Waals surface area contributed by atoms with Crippen molar-refractivity contribution in [3.8, 4) is 0 Å². The van der Waals surface area contributed by atoms with Crippen LogP contribution in [0.3, 0.4) is 0 Å². The minimum atomic E-state index is 0.122. The summed E-state index contributed by atoms with van der Waals surface area (Å²) in [6, 6.07) is 6.14. The monoisotopic (exact) mass is 218 g/mol. The molecule has 2 heteroatoms. The second kappa shape index (κ2) is 4.54. The molecule has 0 radical (unpaired) electrons. The van der Waals surface area contributed by atoms with Crippen LogP contribution < -0.4 is 5.73 Å². The summed E-state index contributed by atoms with van der Waals surface area (Å²) in [6.07, 6.45) is 6.90. The molecule has 2 rings (SSSR count). The number of aromatic nitrogens is 1. The Morgan fingerprint density at radius 1 is 1.31 bits per heavy atom. The van der Waals surface area contributed by atoms with Crippen LogP contribution in [0.4, 0.5) is 0 Å². The number of pyridine rings is 1. The minimum Gasteiger partial charge on any atom is -0.322 e. The largest absolute Gasteiger partial charge is 0.322 e. The molecule has 0 saturated heterocycles. The van der Waals surface area contributed by atoms with Crippen molar-refractivity contribution < 1.29 is 0 Å². The van der Waals surface area contributed by atoms with E-state index >= 15 is 0 Å². The van der Waals surface area contributed by atoms with Crippen LogP contribution in [0.15, 0.2) is 24.4 Å². The topological polar surface area (TPSA) is 38.9 Å². The van der Waals surface area contributed by atoms with Gasteiger partial charge in [-0.2, -0.15) is 0 Å². The van der Waals surface area contributed by atoms with Gasteiger partial charge in [-0.15, -0.1) is 0 Å². The van der Waals surface area contributed by atoms with Gasteiger partial charge in [-0.3, -0.25) is 4.98 Å². The lowest BCUT2D eigenvalue weighted by molar-refractivity contribution is 0.172. The molecule has 2 N–H and O–H groups in total. The average molecular weight is 218 g/mol. The lowest BCUT2D eigenvalue weighted by atomic mass is 9.71. The van der Waals surface area contributed by atoms with Crippen LogP contribution >= 0.6 is 0 Å². The maximum Gasteiger partial charge on any atom is 0.0573 e. The second-order valence-corrected chi connectivity index (χ2v) is 5.78. The van der Waals surface area contributed by atoms with Crippen LogP contribution in [0.5, 0.6) is 0 Å². The van der Waals surface area contributed by atoms with Gasteiger partial charge in [0.05, 0.1) is 5.69 Å². The summed E-state index contributed by atoms with van der Waals surface area (Å²) in [6.45, 7) is 4.71. The van der Waals surface area contributed by atoms with Crippen LogP contribution in [0, 0.1) is 11.3 Å². The highest BCUT2D eigenvalue weighted by molar-refractivity contribution is 5.09. The van der Waals surface area contributed by atoms with Crippen molar-refractivity contribution in [2.75, 3.05) is 0 Å². The third-order valence-corrected chi connectivity index (χ3v) is 3.92. The highest BCUT2D eigenvalue weighted by Gasteiger charge is 2.30. The summed E-state index contributed by atoms with van der Waals surface area (Å²) in [5, 5.41) is 0. The summed E-state index contributed by atoms with van der Waals surface area (Å²) >= 11 is 0. The summed E-state index contributed by atoms with van der Waals surface area (Å²) < 4.78 is 0. The van der Waals surface area contributed by atoms with Gasteiger partial charge in [-0.05, 0) is 49.1 Å². The Labute approximate surface area is 98.3 Å². The smallest absolute Gasteiger partial charge is 0.0573 e. The number of rotatable bonds is 2. The molecule has 1 heterocycles. The zero-order chi connectivity index (χ0) is 11.6. The predicted molar refractivity (Wildman–Crippen MR) is 66.9 cm³/mol. The van der Waals surface area contributed by atoms with Crippen molar-refractivity contribution in [1.29, 1.82) is 0 Å². The van der Waals surface area contributed by atoms with E-state index in [0.29, 0.717) is 11.3 Å². The van der Waals surface area contributed by atoms with Gasteiger partial charge in [-0.1, -0.05) is 19.9 Å². The van der Waals surface area contributed by atoms with Crippen molar-refractivity contribution in [2.45, 2.75) is 45.6 Å². The Kier molecular flexibility index (Phi) is 3.29. The minimum absolute atomic E-state index is 0.122. The summed E-state index contributed by atoms with van der Waals surface area (Å²) in [4.78, 5) is 4.37. The third-order valence-electron chi connectivity index (χ3n) is 3.92. The van der Waals surface area contributed by atoms with E-state index in [4.69, 9.17) is 5.73 Å². The Morgan fingerprint density at radius 3 is 2.56 bits per heavy atom. The molecule has 0 aliphatic heterocycles. The molecule has 1 aromatic rings. The van der Waals surface area contributed by atoms with Gasteiger partial charge in [0.2, 0.25) is 0 Å². The second-order valence-electron chi connectivity index (χ2n) is 5.78. The molecular formula is C14H22N2. The molecule has 1 unspecified atom stereocenters. The van der Waals surface area contributed by atoms with E-state index in [0.717, 1.165) is 5.69 Å². The van der Waals surface area contributed by atoms with E-state index in [-0.39, 0.29) is 6.04 Å². The lowest BCUT2D eigenvalue weighted by Crippen LogP contribution is -2.29. The van der Waals surface area contributed by atoms with Gasteiger partial charge in [0.1, 0.15) is 0 Å². The SMILES string of the molecule is CC1(C)CCC(C(N)c2ccccn2)CC1. The van der Waals surface area contributed by atoms with Crippen LogP contribution in [-0.4, -0.2) is 4.98 Å². The standard InChI is InChI=1S/C14H22N2/c1-14(2)8-6-11(7-9-14)13(15)12-5-3-4-10-16-12/h3-5,10-11,13H,6-9,15H2,1-2H3. The molecule has 88 valence electrons. The van der Waals surface area contributed by atoms with Gasteiger partial charge in [-0.25, -0.2) is 0 Å². The first kappa shape index (κ1) is 11.6. The van der Waals surface area contributed by atoms with Crippen molar-refractivity contribution in [1.82, 2.24) is 4.98 Å². The van der Waals surface area contributed by atoms with Crippen LogP contribution in [0.2, 0.25) is 0 Å². The van der Waals surface area contributed by atoms with Crippen LogP contribution in [0.1, 0.15) is 51.3 Å². The molecule has 1 aliphatic carbocycles. The first-order chi connectivity index (χ1) is 7.58. The molecular weight excluding hydrogens is 196 g/mol. The maximum atomic E-state index is 6.30. The fourth-order valence-corrected chi connectivity index (χ4v) is 2.60. The van der Waals surface area contributed by atoms with Crippen molar-refractivity contribution in [3.63, 3.8) is 0 Å². The lowest BCUT2D eigenvalue weighted by Gasteiger charge is -2.36. The third kappa shape index (κ3) is 2.62. The van der Waals surface area contributed by atoms with Crippen LogP contribution in [0.25, 0.3) is 0 Å². The zero-order valence-corrected chi connectivity index (χ0v) is 10.3. The molecule has 0 aromatic carbocycles. The van der Waals surface area contributed by atoms with Crippen molar-refractivity contribution >= 4 is 0 Å². The van der Waals surface area contributed by atoms with E-state index in [1.54, 1.807) is 0 Å². The first-order valence-electron chi connectivity index (χ1n) is 6.25. The van der Waals surface area contributed by atoms with E-state index < -0.39 is 0 Å². The van der Waals surface area contributed by atoms with Crippen molar-refractivity contribution in [2.24, 2.45) is 17.1 Å². The molecule has 0 spiro atoms. The molecule has 1 saturated carbocycles. The van der Waals surface area contributed by atoms with Crippen LogP contribution in [-0.2, 0) is 0 Å². The highest BCUT2D eigenvalue weighted by atomic mass is 14.8. The van der Waals surface area contributed by atoms with E-state index in [1.165, 1.54) is 25.7 Å². The number of nitrogens with two attached hydrogens (primary N) is 1. The molecule has 0 bridgehead atoms. The fourth-order valence-electron chi connectivity index (χ4n) is 2.60. The molecule has 2 nitrogen and oxygen atoms in total. The quantitative estimate of drug-likeness (QED) is 0.827. The number of nitrogens with zero attached hydrogens (tertiary/aromatic N) is 1. The Balaban J connectivity index is 2.00. The average Bonchev–Trinajstić information content (AvgIpc) is 2.29. The van der Waals surface area contributed by atoms with Gasteiger partial charge < -0.3 is 5.73 Å². The molecule has 1 fully saturated rings. The van der Waals surface area contributed by atoms with Gasteiger partial charge in [0, 0.05) is 12.2 Å². The molecule has 0 amide bonds. The molecule has 1 aliphatic rings. The van der Waals surface area contributed by atoms with E-state index in [1.807, 2.05) is 24.4 Å². The summed E-state index contributed by atoms with van der Waals surface area (Å²) in [5.74, 6) is 0.614. The Bertz CT molecular complexity index is 322. The first-order valence-corrected chi connectivity index (χ1v) is 6.25. The van der Waals surface area contributed by atoms with Gasteiger partial charge in [0.25, 0.3) is 0 Å². The molecule has 1 atom stereocenters. The maximum absolute atomic E-state index is 6.30. The van der Waals surface area contributed by atoms with Gasteiger partial charge in [0.15, 0.2) is 0 Å². The van der Waals surface area contributed by atoms with E-state index in [9.17, 15) is 0 Å². The highest BCUT2D eigenvalue weighted by Crippen LogP contribution is 2.41. The van der Waals surface area contributed by atoms with E-state index in [2.05, 4.69) is 18.8 Å². The molecule has 1 aromatic heterocycles. The summed E-state index contributed by atoms with van der Waals surface area (Å²) in [7, 11) is 0. The Morgan fingerprint density at radius 2 is 2.00 bits per heavy atom. The van der Waals surface area contributed by atoms with Gasteiger partial charge >= 0.3 is 0 Å². The normalized spacial score (nSPS) is 22.9.